The Morgan fingerprint density at radius 2 is 1.57 bits per heavy atom. The van der Waals surface area contributed by atoms with Crippen molar-refractivity contribution in [1.29, 1.82) is 0 Å². The molecule has 0 aliphatic carbocycles. The molecule has 0 bridgehead atoms. The van der Waals surface area contributed by atoms with Crippen molar-refractivity contribution in [3.05, 3.63) is 65.7 Å². The van der Waals surface area contributed by atoms with Gasteiger partial charge < -0.3 is 15.5 Å². The monoisotopic (exact) mass is 501 g/mol. The molecule has 1 heterocycles. The van der Waals surface area contributed by atoms with Gasteiger partial charge in [0, 0.05) is 18.7 Å². The molecule has 2 aromatic rings. The molecule has 188 valence electrons. The zero-order chi connectivity index (χ0) is 25.8. The summed E-state index contributed by atoms with van der Waals surface area (Å²) in [6.07, 6.45) is -9.41. The number of hydrogen-bond donors (Lipinski definition) is 2. The molecule has 0 unspecified atom stereocenters. The number of halogens is 6. The van der Waals surface area contributed by atoms with Crippen LogP contribution in [0.15, 0.2) is 54.6 Å². The van der Waals surface area contributed by atoms with Gasteiger partial charge in [0.2, 0.25) is 11.8 Å². The van der Waals surface area contributed by atoms with Crippen LogP contribution in [-0.2, 0) is 27.0 Å². The number of hydrogen-bond acceptors (Lipinski definition) is 3. The van der Waals surface area contributed by atoms with Crippen LogP contribution in [0.25, 0.3) is 0 Å². The fourth-order valence-corrected chi connectivity index (χ4v) is 3.76. The van der Waals surface area contributed by atoms with E-state index in [4.69, 9.17) is 0 Å². The number of nitrogens with one attached hydrogen (secondary N) is 2. The summed E-state index contributed by atoms with van der Waals surface area (Å²) in [7, 11) is 0. The summed E-state index contributed by atoms with van der Waals surface area (Å²) in [5.41, 5.74) is -0.343. The summed E-state index contributed by atoms with van der Waals surface area (Å²) in [4.78, 5) is 38.6. The molecule has 2 aromatic carbocycles. The molecule has 0 spiro atoms. The molecule has 1 fully saturated rings. The maximum absolute atomic E-state index is 13.2. The van der Waals surface area contributed by atoms with E-state index in [9.17, 15) is 40.7 Å². The third-order valence-corrected chi connectivity index (χ3v) is 5.46. The normalized spacial score (nSPS) is 17.1. The van der Waals surface area contributed by atoms with E-state index in [0.717, 1.165) is 29.2 Å². The van der Waals surface area contributed by atoms with Crippen molar-refractivity contribution in [3.63, 3.8) is 0 Å². The molecule has 2 atom stereocenters. The predicted molar refractivity (Wildman–Crippen MR) is 113 cm³/mol. The lowest BCUT2D eigenvalue weighted by molar-refractivity contribution is -0.175. The van der Waals surface area contributed by atoms with Crippen molar-refractivity contribution >= 4 is 23.4 Å². The first-order valence-corrected chi connectivity index (χ1v) is 10.6. The smallest absolute Gasteiger partial charge is 0.336 e. The van der Waals surface area contributed by atoms with E-state index in [-0.39, 0.29) is 25.1 Å². The number of benzene rings is 2. The number of carbonyl (C=O) groups is 3. The lowest BCUT2D eigenvalue weighted by Gasteiger charge is -2.29. The molecule has 12 heteroatoms. The highest BCUT2D eigenvalue weighted by atomic mass is 19.4. The summed E-state index contributed by atoms with van der Waals surface area (Å²) in [6, 6.07) is 9.14. The molecule has 0 saturated carbocycles. The molecule has 3 rings (SSSR count). The highest BCUT2D eigenvalue weighted by Gasteiger charge is 2.43. The second kappa shape index (κ2) is 10.4. The van der Waals surface area contributed by atoms with Crippen LogP contribution in [0.1, 0.15) is 24.0 Å². The van der Waals surface area contributed by atoms with Crippen LogP contribution in [0.4, 0.5) is 32.0 Å². The van der Waals surface area contributed by atoms with E-state index in [1.165, 1.54) is 0 Å². The van der Waals surface area contributed by atoms with Crippen molar-refractivity contribution < 1.29 is 40.7 Å². The number of anilines is 1. The van der Waals surface area contributed by atoms with Crippen LogP contribution in [0, 0.1) is 0 Å². The van der Waals surface area contributed by atoms with Crippen molar-refractivity contribution in [2.75, 3.05) is 11.9 Å². The highest BCUT2D eigenvalue weighted by molar-refractivity contribution is 5.99. The van der Waals surface area contributed by atoms with E-state index in [0.29, 0.717) is 12.0 Å². The fourth-order valence-electron chi connectivity index (χ4n) is 3.76. The minimum Gasteiger partial charge on any atom is -0.336 e. The number of likely N-dealkylation sites (tertiary alicyclic amines) is 1. The molecule has 2 N–H and O–H groups in total. The summed E-state index contributed by atoms with van der Waals surface area (Å²) < 4.78 is 76.8. The van der Waals surface area contributed by atoms with E-state index < -0.39 is 47.7 Å². The molecule has 1 aliphatic rings. The van der Waals surface area contributed by atoms with E-state index in [2.05, 4.69) is 5.32 Å². The second-order valence-corrected chi connectivity index (χ2v) is 7.97. The first kappa shape index (κ1) is 26.0. The minimum atomic E-state index is -5.21. The SMILES string of the molecule is O=C(Nc1ccc(C(F)(F)F)cc1)[C@H]1CCCN1C(=O)[C@@H](Cc1ccccc1)NC(=O)C(F)(F)F. The van der Waals surface area contributed by atoms with Crippen LogP contribution >= 0.6 is 0 Å². The third-order valence-electron chi connectivity index (χ3n) is 5.46. The van der Waals surface area contributed by atoms with Gasteiger partial charge in [-0.2, -0.15) is 26.3 Å². The van der Waals surface area contributed by atoms with Gasteiger partial charge in [0.05, 0.1) is 5.56 Å². The Balaban J connectivity index is 1.76. The lowest BCUT2D eigenvalue weighted by atomic mass is 10.0. The summed E-state index contributed by atoms with van der Waals surface area (Å²) in [5, 5.41) is 4.15. The Kier molecular flexibility index (Phi) is 7.71. The zero-order valence-electron chi connectivity index (χ0n) is 18.1. The number of amides is 3. The van der Waals surface area contributed by atoms with Gasteiger partial charge in [0.1, 0.15) is 12.1 Å². The van der Waals surface area contributed by atoms with Crippen LogP contribution in [0.2, 0.25) is 0 Å². The van der Waals surface area contributed by atoms with E-state index in [1.807, 2.05) is 0 Å². The molecule has 6 nitrogen and oxygen atoms in total. The second-order valence-electron chi connectivity index (χ2n) is 7.97. The average molecular weight is 501 g/mol. The Labute approximate surface area is 196 Å². The minimum absolute atomic E-state index is 0.0634. The van der Waals surface area contributed by atoms with Crippen LogP contribution < -0.4 is 10.6 Å². The topological polar surface area (TPSA) is 78.5 Å². The number of nitrogens with zero attached hydrogens (tertiary/aromatic N) is 1. The number of alkyl halides is 6. The van der Waals surface area contributed by atoms with Gasteiger partial charge in [0.15, 0.2) is 0 Å². The van der Waals surface area contributed by atoms with Crippen molar-refractivity contribution in [1.82, 2.24) is 10.2 Å². The van der Waals surface area contributed by atoms with Gasteiger partial charge in [-0.25, -0.2) is 0 Å². The Morgan fingerprint density at radius 3 is 2.14 bits per heavy atom. The number of rotatable bonds is 6. The summed E-state index contributed by atoms with van der Waals surface area (Å²) >= 11 is 0. The quantitative estimate of drug-likeness (QED) is 0.589. The molecule has 3 amide bonds. The first-order chi connectivity index (χ1) is 16.4. The summed E-state index contributed by atoms with van der Waals surface area (Å²) in [5.74, 6) is -3.84. The molecule has 35 heavy (non-hydrogen) atoms. The Bertz CT molecular complexity index is 1050. The summed E-state index contributed by atoms with van der Waals surface area (Å²) in [6.45, 7) is 0.0666. The van der Waals surface area contributed by atoms with Gasteiger partial charge in [-0.1, -0.05) is 30.3 Å². The molecular formula is C23H21F6N3O3. The first-order valence-electron chi connectivity index (χ1n) is 10.6. The van der Waals surface area contributed by atoms with Crippen LogP contribution in [0.5, 0.6) is 0 Å². The lowest BCUT2D eigenvalue weighted by Crippen LogP contribution is -2.55. The van der Waals surface area contributed by atoms with Gasteiger partial charge in [-0.15, -0.1) is 0 Å². The molecule has 0 radical (unpaired) electrons. The largest absolute Gasteiger partial charge is 0.471 e. The third kappa shape index (κ3) is 6.74. The molecule has 0 aromatic heterocycles. The van der Waals surface area contributed by atoms with Crippen LogP contribution in [0.3, 0.4) is 0 Å². The van der Waals surface area contributed by atoms with Crippen molar-refractivity contribution in [2.45, 2.75) is 43.7 Å². The standard InChI is InChI=1S/C23H21F6N3O3/c24-22(25,26)15-8-10-16(11-9-15)30-19(33)18-7-4-12-32(18)20(34)17(31-21(35)23(27,28)29)13-14-5-2-1-3-6-14/h1-3,5-6,8-11,17-18H,4,7,12-13H2,(H,30,33)(H,31,35)/t17-,18-/m1/s1. The van der Waals surface area contributed by atoms with Crippen molar-refractivity contribution in [3.8, 4) is 0 Å². The zero-order valence-corrected chi connectivity index (χ0v) is 18.1. The predicted octanol–water partition coefficient (Wildman–Crippen LogP) is 3.92. The van der Waals surface area contributed by atoms with E-state index >= 15 is 0 Å². The maximum atomic E-state index is 13.2. The van der Waals surface area contributed by atoms with Gasteiger partial charge in [0.25, 0.3) is 0 Å². The molecular weight excluding hydrogens is 480 g/mol. The van der Waals surface area contributed by atoms with Crippen LogP contribution in [-0.4, -0.2) is 47.4 Å². The maximum Gasteiger partial charge on any atom is 0.471 e. The van der Waals surface area contributed by atoms with Crippen molar-refractivity contribution in [2.24, 2.45) is 0 Å². The van der Waals surface area contributed by atoms with E-state index in [1.54, 1.807) is 35.6 Å². The van der Waals surface area contributed by atoms with Gasteiger partial charge >= 0.3 is 18.3 Å². The fraction of sp³-hybridized carbons (Fsp3) is 0.348. The Hall–Kier alpha value is -3.57. The van der Waals surface area contributed by atoms with Gasteiger partial charge in [-0.05, 0) is 42.7 Å². The number of carbonyl (C=O) groups excluding carboxylic acids is 3. The molecule has 1 saturated heterocycles. The average Bonchev–Trinajstić information content (AvgIpc) is 3.28. The highest BCUT2D eigenvalue weighted by Crippen LogP contribution is 2.30. The van der Waals surface area contributed by atoms with Gasteiger partial charge in [-0.3, -0.25) is 14.4 Å². The molecule has 1 aliphatic heterocycles. The Morgan fingerprint density at radius 1 is 0.943 bits per heavy atom.